The van der Waals surface area contributed by atoms with Crippen LogP contribution in [0, 0.1) is 19.8 Å². The van der Waals surface area contributed by atoms with Crippen LogP contribution in [-0.2, 0) is 19.1 Å². The standard InChI is InChI=1S/C35H44N6O6S/c1-20-21(2)29-27(16-25(20)22-13-14-48-19-22)38-41(39-29)24-15-28-30(42)37-35(32(44)45)17-23(35)11-9-7-6-8-10-12-26(31(43)40(28)18-24)36-33(46)47-34(3,4)5/h9,11,13-14,16,19,23-24,26,28H,6-8,10,12,15,17-18H2,1-5H3,(H,36,46)(H,37,42)(H,44,45)/t23-,24+,26+,28+,35-/m1/s1. The van der Waals surface area contributed by atoms with Crippen LogP contribution in [-0.4, -0.2) is 78.6 Å². The third-order valence-corrected chi connectivity index (χ3v) is 10.4. The van der Waals surface area contributed by atoms with Gasteiger partial charge in [-0.25, -0.2) is 9.59 Å². The van der Waals surface area contributed by atoms with Crippen LogP contribution in [0.4, 0.5) is 4.79 Å². The van der Waals surface area contributed by atoms with Crippen molar-refractivity contribution >= 4 is 46.2 Å². The Bertz CT molecular complexity index is 1760. The maximum absolute atomic E-state index is 14.3. The monoisotopic (exact) mass is 676 g/mol. The summed E-state index contributed by atoms with van der Waals surface area (Å²) in [5.41, 5.74) is 3.55. The van der Waals surface area contributed by atoms with Gasteiger partial charge in [-0.1, -0.05) is 25.0 Å². The van der Waals surface area contributed by atoms with Gasteiger partial charge in [-0.3, -0.25) is 9.59 Å². The molecule has 2 fully saturated rings. The number of allylic oxidation sites excluding steroid dienone is 1. The first-order chi connectivity index (χ1) is 22.8. The number of aliphatic carboxylic acids is 1. The van der Waals surface area contributed by atoms with Crippen LogP contribution in [0.15, 0.2) is 35.0 Å². The van der Waals surface area contributed by atoms with Crippen molar-refractivity contribution in [3.8, 4) is 11.1 Å². The SMILES string of the molecule is Cc1c(-c2ccsc2)cc2nn([C@H]3C[C@H]4C(=O)N[C@]5(C(=O)O)C[C@H]5C=CCCCCC[C@H](NC(=O)OC(C)(C)C)C(=O)N4C3)nc2c1C. The molecule has 12 nitrogen and oxygen atoms in total. The van der Waals surface area contributed by atoms with E-state index in [9.17, 15) is 24.3 Å². The molecule has 0 spiro atoms. The molecule has 4 heterocycles. The molecule has 1 aromatic carbocycles. The summed E-state index contributed by atoms with van der Waals surface area (Å²) in [4.78, 5) is 56.7. The van der Waals surface area contributed by atoms with Crippen LogP contribution in [0.3, 0.4) is 0 Å². The highest BCUT2D eigenvalue weighted by Crippen LogP contribution is 2.45. The summed E-state index contributed by atoms with van der Waals surface area (Å²) >= 11 is 1.62. The van der Waals surface area contributed by atoms with Crippen molar-refractivity contribution in [2.24, 2.45) is 5.92 Å². The summed E-state index contributed by atoms with van der Waals surface area (Å²) in [6.45, 7) is 9.44. The average molecular weight is 677 g/mol. The van der Waals surface area contributed by atoms with E-state index in [-0.39, 0.29) is 25.3 Å². The lowest BCUT2D eigenvalue weighted by molar-refractivity contribution is -0.145. The number of ether oxygens (including phenoxy) is 1. The Labute approximate surface area is 283 Å². The first-order valence-corrected chi connectivity index (χ1v) is 17.6. The van der Waals surface area contributed by atoms with Gasteiger partial charge in [0.2, 0.25) is 11.8 Å². The number of hydrogen-bond acceptors (Lipinski definition) is 8. The maximum Gasteiger partial charge on any atom is 0.408 e. The number of amides is 3. The fourth-order valence-corrected chi connectivity index (χ4v) is 7.55. The lowest BCUT2D eigenvalue weighted by Gasteiger charge is -2.30. The number of nitrogens with one attached hydrogen (secondary N) is 2. The number of thiophene rings is 1. The minimum Gasteiger partial charge on any atom is -0.479 e. The molecule has 1 saturated carbocycles. The van der Waals surface area contributed by atoms with Crippen molar-refractivity contribution in [1.82, 2.24) is 30.5 Å². The molecule has 0 radical (unpaired) electrons. The van der Waals surface area contributed by atoms with E-state index < -0.39 is 53.1 Å². The van der Waals surface area contributed by atoms with Crippen molar-refractivity contribution in [3.63, 3.8) is 0 Å². The second-order valence-corrected chi connectivity index (χ2v) is 15.1. The number of hydrogen-bond donors (Lipinski definition) is 3. The van der Waals surface area contributed by atoms with E-state index in [1.807, 2.05) is 30.5 Å². The van der Waals surface area contributed by atoms with Crippen LogP contribution < -0.4 is 10.6 Å². The molecule has 48 heavy (non-hydrogen) atoms. The van der Waals surface area contributed by atoms with Gasteiger partial charge in [0.05, 0.1) is 6.04 Å². The Morgan fingerprint density at radius 1 is 1.15 bits per heavy atom. The molecule has 3 aromatic rings. The molecular weight excluding hydrogens is 632 g/mol. The Morgan fingerprint density at radius 3 is 2.65 bits per heavy atom. The molecular formula is C35H44N6O6S. The highest BCUT2D eigenvalue weighted by atomic mass is 32.1. The molecule has 2 aliphatic heterocycles. The fourth-order valence-electron chi connectivity index (χ4n) is 6.90. The zero-order chi connectivity index (χ0) is 34.4. The summed E-state index contributed by atoms with van der Waals surface area (Å²) in [5, 5.41) is 29.6. The molecule has 1 saturated heterocycles. The number of fused-ring (bicyclic) bond motifs is 3. The molecule has 3 N–H and O–H groups in total. The summed E-state index contributed by atoms with van der Waals surface area (Å²) in [6, 6.07) is 1.71. The molecule has 6 rings (SSSR count). The molecule has 13 heteroatoms. The van der Waals surface area contributed by atoms with Crippen molar-refractivity contribution in [3.05, 3.63) is 46.2 Å². The van der Waals surface area contributed by atoms with Gasteiger partial charge in [0, 0.05) is 18.9 Å². The van der Waals surface area contributed by atoms with Crippen molar-refractivity contribution in [2.45, 2.75) is 109 Å². The van der Waals surface area contributed by atoms with Gasteiger partial charge in [0.15, 0.2) is 0 Å². The summed E-state index contributed by atoms with van der Waals surface area (Å²) < 4.78 is 5.49. The number of aryl methyl sites for hydroxylation is 1. The van der Waals surface area contributed by atoms with E-state index >= 15 is 0 Å². The van der Waals surface area contributed by atoms with E-state index in [1.165, 1.54) is 4.90 Å². The molecule has 3 aliphatic rings. The van der Waals surface area contributed by atoms with Gasteiger partial charge in [0.25, 0.3) is 0 Å². The van der Waals surface area contributed by atoms with Gasteiger partial charge in [0.1, 0.15) is 34.3 Å². The van der Waals surface area contributed by atoms with Gasteiger partial charge in [-0.15, -0.1) is 0 Å². The topological polar surface area (TPSA) is 156 Å². The minimum absolute atomic E-state index is 0.114. The number of rotatable bonds is 4. The molecule has 1 aliphatic carbocycles. The average Bonchev–Trinajstić information content (AvgIpc) is 3.47. The second kappa shape index (κ2) is 13.0. The number of carboxylic acids is 1. The van der Waals surface area contributed by atoms with Crippen LogP contribution in [0.2, 0.25) is 0 Å². The highest BCUT2D eigenvalue weighted by molar-refractivity contribution is 7.08. The van der Waals surface area contributed by atoms with E-state index in [1.54, 1.807) is 36.9 Å². The van der Waals surface area contributed by atoms with Crippen LogP contribution >= 0.6 is 11.3 Å². The highest BCUT2D eigenvalue weighted by Gasteiger charge is 2.61. The number of benzene rings is 1. The van der Waals surface area contributed by atoms with Gasteiger partial charge < -0.3 is 25.4 Å². The van der Waals surface area contributed by atoms with E-state index in [4.69, 9.17) is 14.9 Å². The Morgan fingerprint density at radius 2 is 1.94 bits per heavy atom. The van der Waals surface area contributed by atoms with Crippen molar-refractivity contribution < 1.29 is 29.0 Å². The third-order valence-electron chi connectivity index (χ3n) is 9.75. The third kappa shape index (κ3) is 6.69. The maximum atomic E-state index is 14.3. The molecule has 2 aromatic heterocycles. The Hall–Kier alpha value is -4.26. The van der Waals surface area contributed by atoms with E-state index in [0.717, 1.165) is 47.0 Å². The summed E-state index contributed by atoms with van der Waals surface area (Å²) in [6.07, 6.45) is 7.08. The largest absolute Gasteiger partial charge is 0.479 e. The second-order valence-electron chi connectivity index (χ2n) is 14.3. The Balaban J connectivity index is 1.34. The predicted molar refractivity (Wildman–Crippen MR) is 181 cm³/mol. The molecule has 0 unspecified atom stereocenters. The fraction of sp³-hybridized carbons (Fsp3) is 0.543. The minimum atomic E-state index is -1.42. The number of carbonyl (C=O) groups is 4. The lowest BCUT2D eigenvalue weighted by atomic mass is 9.98. The lowest BCUT2D eigenvalue weighted by Crippen LogP contribution is -2.56. The molecule has 5 atom stereocenters. The number of alkyl carbamates (subject to hydrolysis) is 1. The number of aromatic nitrogens is 3. The zero-order valence-corrected chi connectivity index (χ0v) is 28.9. The van der Waals surface area contributed by atoms with Crippen molar-refractivity contribution in [1.29, 1.82) is 0 Å². The van der Waals surface area contributed by atoms with E-state index in [0.29, 0.717) is 18.4 Å². The smallest absolute Gasteiger partial charge is 0.408 e. The van der Waals surface area contributed by atoms with Crippen LogP contribution in [0.25, 0.3) is 22.2 Å². The van der Waals surface area contributed by atoms with Gasteiger partial charge in [-0.05, 0) is 105 Å². The van der Waals surface area contributed by atoms with Gasteiger partial charge in [-0.2, -0.15) is 26.3 Å². The molecule has 0 bridgehead atoms. The molecule has 256 valence electrons. The number of carboxylic acid groups (broad SMARTS) is 1. The first-order valence-electron chi connectivity index (χ1n) is 16.7. The van der Waals surface area contributed by atoms with E-state index in [2.05, 4.69) is 29.0 Å². The van der Waals surface area contributed by atoms with Gasteiger partial charge >= 0.3 is 12.1 Å². The first kappa shape index (κ1) is 33.6. The van der Waals surface area contributed by atoms with Crippen molar-refractivity contribution in [2.75, 3.05) is 6.54 Å². The predicted octanol–water partition coefficient (Wildman–Crippen LogP) is 5.29. The summed E-state index contributed by atoms with van der Waals surface area (Å²) in [7, 11) is 0. The quantitative estimate of drug-likeness (QED) is 0.315. The normalized spacial score (nSPS) is 26.6. The zero-order valence-electron chi connectivity index (χ0n) is 28.1. The summed E-state index contributed by atoms with van der Waals surface area (Å²) in [5.74, 6) is -2.39. The number of carbonyl (C=O) groups excluding carboxylic acids is 3. The number of nitrogens with zero attached hydrogens (tertiary/aromatic N) is 4. The van der Waals surface area contributed by atoms with Crippen LogP contribution in [0.1, 0.15) is 82.9 Å². The molecule has 3 amide bonds. The Kier molecular flexibility index (Phi) is 9.10. The van der Waals surface area contributed by atoms with Crippen LogP contribution in [0.5, 0.6) is 0 Å².